The number of amides is 2. The van der Waals surface area contributed by atoms with Gasteiger partial charge in [-0.3, -0.25) is 4.79 Å². The molecule has 1 aliphatic heterocycles. The fourth-order valence-electron chi connectivity index (χ4n) is 2.87. The Labute approximate surface area is 113 Å². The Hall–Kier alpha value is -1.30. The molecule has 2 rings (SSSR count). The van der Waals surface area contributed by atoms with Crippen molar-refractivity contribution in [2.24, 2.45) is 5.92 Å². The number of piperazine rings is 1. The number of carboxylic acid groups (broad SMARTS) is 1. The number of nitrogens with one attached hydrogen (secondary N) is 1. The van der Waals surface area contributed by atoms with Gasteiger partial charge in [0, 0.05) is 32.2 Å². The number of hydrogen-bond donors (Lipinski definition) is 2. The van der Waals surface area contributed by atoms with Crippen LogP contribution in [-0.4, -0.2) is 65.7 Å². The number of rotatable bonds is 3. The number of likely N-dealkylation sites (N-methyl/N-ethyl adjacent to an activating group) is 1. The van der Waals surface area contributed by atoms with E-state index < -0.39 is 5.97 Å². The molecule has 2 fully saturated rings. The molecule has 0 unspecified atom stereocenters. The Bertz CT molecular complexity index is 340. The smallest absolute Gasteiger partial charge is 0.317 e. The van der Waals surface area contributed by atoms with Gasteiger partial charge in [-0.1, -0.05) is 6.92 Å². The molecule has 1 saturated carbocycles. The molecule has 2 atom stereocenters. The molecule has 0 bridgehead atoms. The lowest BCUT2D eigenvalue weighted by Gasteiger charge is -2.34. The zero-order chi connectivity index (χ0) is 13.8. The van der Waals surface area contributed by atoms with Gasteiger partial charge in [-0.05, 0) is 25.8 Å². The normalized spacial score (nSPS) is 28.4. The van der Waals surface area contributed by atoms with E-state index in [0.717, 1.165) is 39.1 Å². The maximum absolute atomic E-state index is 12.1. The van der Waals surface area contributed by atoms with E-state index in [-0.39, 0.29) is 18.0 Å². The zero-order valence-electron chi connectivity index (χ0n) is 11.5. The molecule has 6 nitrogen and oxygen atoms in total. The fraction of sp³-hybridized carbons (Fsp3) is 0.846. The van der Waals surface area contributed by atoms with Crippen molar-refractivity contribution >= 4 is 12.0 Å². The van der Waals surface area contributed by atoms with Gasteiger partial charge in [0.1, 0.15) is 0 Å². The zero-order valence-corrected chi connectivity index (χ0v) is 11.5. The van der Waals surface area contributed by atoms with Gasteiger partial charge in [-0.15, -0.1) is 0 Å². The van der Waals surface area contributed by atoms with Crippen molar-refractivity contribution in [3.8, 4) is 0 Å². The quantitative estimate of drug-likeness (QED) is 0.786. The number of carbonyl (C=O) groups is 2. The van der Waals surface area contributed by atoms with E-state index in [2.05, 4.69) is 17.1 Å². The van der Waals surface area contributed by atoms with Crippen LogP contribution < -0.4 is 5.32 Å². The molecule has 1 heterocycles. The fourth-order valence-corrected chi connectivity index (χ4v) is 2.87. The number of carboxylic acids is 1. The molecule has 0 aromatic heterocycles. The lowest BCUT2D eigenvalue weighted by molar-refractivity contribution is -0.141. The molecule has 0 radical (unpaired) electrons. The molecular weight excluding hydrogens is 246 g/mol. The summed E-state index contributed by atoms with van der Waals surface area (Å²) in [5, 5.41) is 11.9. The van der Waals surface area contributed by atoms with E-state index in [1.54, 1.807) is 0 Å². The first-order valence-electron chi connectivity index (χ1n) is 7.10. The van der Waals surface area contributed by atoms with Crippen molar-refractivity contribution in [3.63, 3.8) is 0 Å². The maximum Gasteiger partial charge on any atom is 0.317 e. The van der Waals surface area contributed by atoms with Crippen molar-refractivity contribution in [1.82, 2.24) is 15.1 Å². The van der Waals surface area contributed by atoms with Gasteiger partial charge >= 0.3 is 12.0 Å². The summed E-state index contributed by atoms with van der Waals surface area (Å²) in [6.07, 6.45) is 2.01. The largest absolute Gasteiger partial charge is 0.481 e. The van der Waals surface area contributed by atoms with Crippen molar-refractivity contribution in [2.75, 3.05) is 32.7 Å². The second kappa shape index (κ2) is 6.23. The van der Waals surface area contributed by atoms with Crippen molar-refractivity contribution in [1.29, 1.82) is 0 Å². The molecule has 1 saturated heterocycles. The minimum atomic E-state index is -0.742. The number of hydrogen-bond acceptors (Lipinski definition) is 3. The van der Waals surface area contributed by atoms with Crippen LogP contribution >= 0.6 is 0 Å². The molecular formula is C13H23N3O3. The standard InChI is InChI=1S/C13H23N3O3/c1-2-15-5-7-16(8-6-15)13(19)14-11-4-3-10(9-11)12(17)18/h10-11H,2-9H2,1H3,(H,14,19)(H,17,18)/t10-,11+/m1/s1. The average Bonchev–Trinajstić information content (AvgIpc) is 2.87. The maximum atomic E-state index is 12.1. The highest BCUT2D eigenvalue weighted by Crippen LogP contribution is 2.25. The summed E-state index contributed by atoms with van der Waals surface area (Å²) in [4.78, 5) is 27.1. The number of nitrogens with zero attached hydrogens (tertiary/aromatic N) is 2. The lowest BCUT2D eigenvalue weighted by Crippen LogP contribution is -2.53. The van der Waals surface area contributed by atoms with Crippen LogP contribution in [0.2, 0.25) is 0 Å². The molecule has 0 spiro atoms. The molecule has 0 aromatic carbocycles. The molecule has 108 valence electrons. The van der Waals surface area contributed by atoms with E-state index in [1.165, 1.54) is 0 Å². The second-order valence-electron chi connectivity index (χ2n) is 5.42. The summed E-state index contributed by atoms with van der Waals surface area (Å²) in [6, 6.07) is -0.00963. The summed E-state index contributed by atoms with van der Waals surface area (Å²) in [7, 11) is 0. The average molecular weight is 269 g/mol. The summed E-state index contributed by atoms with van der Waals surface area (Å²) in [5.41, 5.74) is 0. The molecule has 2 aliphatic rings. The number of carbonyl (C=O) groups excluding carboxylic acids is 1. The van der Waals surface area contributed by atoms with Gasteiger partial charge in [0.15, 0.2) is 0 Å². The van der Waals surface area contributed by atoms with Crippen LogP contribution in [0.1, 0.15) is 26.2 Å². The number of aliphatic carboxylic acids is 1. The van der Waals surface area contributed by atoms with Crippen molar-refractivity contribution in [3.05, 3.63) is 0 Å². The SMILES string of the molecule is CCN1CCN(C(=O)N[C@H]2CC[C@@H](C(=O)O)C2)CC1. The highest BCUT2D eigenvalue weighted by atomic mass is 16.4. The molecule has 2 amide bonds. The van der Waals surface area contributed by atoms with Crippen LogP contribution in [0.25, 0.3) is 0 Å². The van der Waals surface area contributed by atoms with Crippen LogP contribution in [0.5, 0.6) is 0 Å². The van der Waals surface area contributed by atoms with Gasteiger partial charge in [0.05, 0.1) is 5.92 Å². The van der Waals surface area contributed by atoms with E-state index in [4.69, 9.17) is 5.11 Å². The van der Waals surface area contributed by atoms with E-state index in [0.29, 0.717) is 12.8 Å². The topological polar surface area (TPSA) is 72.9 Å². The Morgan fingerprint density at radius 2 is 1.89 bits per heavy atom. The van der Waals surface area contributed by atoms with E-state index in [9.17, 15) is 9.59 Å². The predicted molar refractivity (Wildman–Crippen MR) is 71.0 cm³/mol. The van der Waals surface area contributed by atoms with Crippen molar-refractivity contribution < 1.29 is 14.7 Å². The Kier molecular flexibility index (Phi) is 4.63. The summed E-state index contributed by atoms with van der Waals surface area (Å²) < 4.78 is 0. The van der Waals surface area contributed by atoms with Gasteiger partial charge in [0.25, 0.3) is 0 Å². The van der Waals surface area contributed by atoms with Crippen LogP contribution in [-0.2, 0) is 4.79 Å². The monoisotopic (exact) mass is 269 g/mol. The molecule has 19 heavy (non-hydrogen) atoms. The molecule has 1 aliphatic carbocycles. The van der Waals surface area contributed by atoms with Gasteiger partial charge in [0.2, 0.25) is 0 Å². The third-order valence-corrected chi connectivity index (χ3v) is 4.22. The second-order valence-corrected chi connectivity index (χ2v) is 5.42. The Morgan fingerprint density at radius 3 is 2.42 bits per heavy atom. The predicted octanol–water partition coefficient (Wildman–Crippen LogP) is 0.587. The first-order chi connectivity index (χ1) is 9.10. The summed E-state index contributed by atoms with van der Waals surface area (Å²) in [6.45, 7) is 6.51. The first kappa shape index (κ1) is 14.1. The van der Waals surface area contributed by atoms with E-state index >= 15 is 0 Å². The van der Waals surface area contributed by atoms with Crippen LogP contribution in [0.4, 0.5) is 4.79 Å². The van der Waals surface area contributed by atoms with Gasteiger partial charge < -0.3 is 20.2 Å². The Morgan fingerprint density at radius 1 is 1.21 bits per heavy atom. The highest BCUT2D eigenvalue weighted by molar-refractivity contribution is 5.75. The van der Waals surface area contributed by atoms with E-state index in [1.807, 2.05) is 4.90 Å². The minimum absolute atomic E-state index is 0.0257. The number of urea groups is 1. The summed E-state index contributed by atoms with van der Waals surface area (Å²) >= 11 is 0. The van der Waals surface area contributed by atoms with Crippen LogP contribution in [0.3, 0.4) is 0 Å². The Balaban J connectivity index is 1.75. The highest BCUT2D eigenvalue weighted by Gasteiger charge is 2.31. The summed E-state index contributed by atoms with van der Waals surface area (Å²) in [5.74, 6) is -1.03. The minimum Gasteiger partial charge on any atom is -0.481 e. The molecule has 0 aromatic rings. The van der Waals surface area contributed by atoms with Gasteiger partial charge in [-0.25, -0.2) is 4.79 Å². The van der Waals surface area contributed by atoms with Crippen LogP contribution in [0, 0.1) is 5.92 Å². The lowest BCUT2D eigenvalue weighted by atomic mass is 10.1. The molecule has 2 N–H and O–H groups in total. The first-order valence-corrected chi connectivity index (χ1v) is 7.10. The molecule has 6 heteroatoms. The third-order valence-electron chi connectivity index (χ3n) is 4.22. The third kappa shape index (κ3) is 3.59. The van der Waals surface area contributed by atoms with Crippen molar-refractivity contribution in [2.45, 2.75) is 32.2 Å². The van der Waals surface area contributed by atoms with Gasteiger partial charge in [-0.2, -0.15) is 0 Å². The van der Waals surface area contributed by atoms with Crippen LogP contribution in [0.15, 0.2) is 0 Å².